The van der Waals surface area contributed by atoms with E-state index in [1.165, 1.54) is 12.1 Å². The number of aromatic nitrogens is 2. The number of ether oxygens (including phenoxy) is 1. The Morgan fingerprint density at radius 2 is 1.85 bits per heavy atom. The number of nitrogens with zero attached hydrogens (tertiary/aromatic N) is 3. The van der Waals surface area contributed by atoms with Crippen LogP contribution < -0.4 is 10.1 Å². The van der Waals surface area contributed by atoms with Gasteiger partial charge in [0, 0.05) is 24.2 Å². The number of hydrogen-bond donors (Lipinski definition) is 1. The number of benzene rings is 2. The molecular weight excluding hydrogens is 447 g/mol. The highest BCUT2D eigenvalue weighted by molar-refractivity contribution is 5.80. The van der Waals surface area contributed by atoms with Gasteiger partial charge in [-0.25, -0.2) is 4.98 Å². The SMILES string of the molecule is O/N=c1\cc(-c2cc3cccn3cn2)oc2ccc(OCCc3ccc(C(F)(F)F)cc3)cc12. The molecule has 0 fully saturated rings. The maximum Gasteiger partial charge on any atom is 0.416 e. The largest absolute Gasteiger partial charge is 0.493 e. The number of halogens is 3. The second-order valence-electron chi connectivity index (χ2n) is 7.66. The minimum absolute atomic E-state index is 0.263. The minimum Gasteiger partial charge on any atom is -0.493 e. The fourth-order valence-electron chi connectivity index (χ4n) is 3.66. The molecule has 3 heterocycles. The summed E-state index contributed by atoms with van der Waals surface area (Å²) < 4.78 is 51.7. The third-order valence-electron chi connectivity index (χ3n) is 5.43. The zero-order valence-corrected chi connectivity index (χ0v) is 17.7. The maximum absolute atomic E-state index is 12.7. The van der Waals surface area contributed by atoms with Crippen LogP contribution in [0.15, 0.2) is 88.8 Å². The molecule has 172 valence electrons. The van der Waals surface area contributed by atoms with Crippen molar-refractivity contribution in [3.05, 3.63) is 95.7 Å². The van der Waals surface area contributed by atoms with Crippen molar-refractivity contribution in [2.45, 2.75) is 12.6 Å². The molecule has 2 aromatic carbocycles. The van der Waals surface area contributed by atoms with Crippen molar-refractivity contribution in [2.24, 2.45) is 5.16 Å². The molecule has 0 aliphatic rings. The topological polar surface area (TPSA) is 72.3 Å². The first-order valence-electron chi connectivity index (χ1n) is 10.4. The lowest BCUT2D eigenvalue weighted by Gasteiger charge is -2.10. The predicted molar refractivity (Wildman–Crippen MR) is 118 cm³/mol. The van der Waals surface area contributed by atoms with Gasteiger partial charge >= 0.3 is 6.18 Å². The molecule has 0 aliphatic carbocycles. The first kappa shape index (κ1) is 21.6. The molecule has 5 aromatic rings. The van der Waals surface area contributed by atoms with Crippen molar-refractivity contribution < 1.29 is 27.5 Å². The van der Waals surface area contributed by atoms with E-state index in [1.807, 2.05) is 28.8 Å². The monoisotopic (exact) mass is 465 g/mol. The second kappa shape index (κ2) is 8.58. The number of alkyl halides is 3. The summed E-state index contributed by atoms with van der Waals surface area (Å²) in [7, 11) is 0. The first-order chi connectivity index (χ1) is 16.4. The fraction of sp³-hybridized carbons (Fsp3) is 0.120. The Kier molecular flexibility index (Phi) is 5.45. The van der Waals surface area contributed by atoms with Gasteiger partial charge in [0.05, 0.1) is 23.9 Å². The predicted octanol–water partition coefficient (Wildman–Crippen LogP) is 5.68. The van der Waals surface area contributed by atoms with Crippen LogP contribution in [0.4, 0.5) is 13.2 Å². The van der Waals surface area contributed by atoms with Crippen LogP contribution >= 0.6 is 0 Å². The summed E-state index contributed by atoms with van der Waals surface area (Å²) in [6, 6.07) is 17.4. The van der Waals surface area contributed by atoms with E-state index < -0.39 is 11.7 Å². The van der Waals surface area contributed by atoms with Gasteiger partial charge in [-0.2, -0.15) is 13.2 Å². The van der Waals surface area contributed by atoms with E-state index in [-0.39, 0.29) is 6.61 Å². The van der Waals surface area contributed by atoms with Crippen LogP contribution in [0.1, 0.15) is 11.1 Å². The smallest absolute Gasteiger partial charge is 0.416 e. The van der Waals surface area contributed by atoms with Gasteiger partial charge in [0.15, 0.2) is 5.76 Å². The van der Waals surface area contributed by atoms with Gasteiger partial charge < -0.3 is 18.8 Å². The van der Waals surface area contributed by atoms with E-state index in [4.69, 9.17) is 9.15 Å². The summed E-state index contributed by atoms with van der Waals surface area (Å²) in [4.78, 5) is 4.40. The lowest BCUT2D eigenvalue weighted by Crippen LogP contribution is -2.07. The molecule has 0 aliphatic heterocycles. The molecule has 0 bridgehead atoms. The van der Waals surface area contributed by atoms with Gasteiger partial charge in [0.25, 0.3) is 0 Å². The van der Waals surface area contributed by atoms with E-state index in [0.29, 0.717) is 40.0 Å². The highest BCUT2D eigenvalue weighted by Gasteiger charge is 2.29. The average Bonchev–Trinajstić information content (AvgIpc) is 3.31. The first-order valence-corrected chi connectivity index (χ1v) is 10.4. The number of fused-ring (bicyclic) bond motifs is 2. The highest BCUT2D eigenvalue weighted by Crippen LogP contribution is 2.29. The van der Waals surface area contributed by atoms with Crippen molar-refractivity contribution >= 4 is 16.5 Å². The van der Waals surface area contributed by atoms with Crippen molar-refractivity contribution in [1.29, 1.82) is 0 Å². The van der Waals surface area contributed by atoms with Crippen molar-refractivity contribution in [2.75, 3.05) is 6.61 Å². The summed E-state index contributed by atoms with van der Waals surface area (Å²) in [6.45, 7) is 0.263. The van der Waals surface area contributed by atoms with Gasteiger partial charge in [-0.3, -0.25) is 0 Å². The summed E-state index contributed by atoms with van der Waals surface area (Å²) >= 11 is 0. The van der Waals surface area contributed by atoms with Crippen LogP contribution in [-0.2, 0) is 12.6 Å². The summed E-state index contributed by atoms with van der Waals surface area (Å²) in [5.41, 5.74) is 2.07. The molecule has 0 radical (unpaired) electrons. The maximum atomic E-state index is 12.7. The molecule has 34 heavy (non-hydrogen) atoms. The van der Waals surface area contributed by atoms with Gasteiger partial charge in [0.1, 0.15) is 22.4 Å². The van der Waals surface area contributed by atoms with Crippen LogP contribution in [0.2, 0.25) is 0 Å². The zero-order chi connectivity index (χ0) is 23.7. The van der Waals surface area contributed by atoms with E-state index in [9.17, 15) is 18.4 Å². The van der Waals surface area contributed by atoms with Crippen molar-refractivity contribution in [3.63, 3.8) is 0 Å². The Morgan fingerprint density at radius 1 is 1.03 bits per heavy atom. The van der Waals surface area contributed by atoms with Crippen LogP contribution in [-0.4, -0.2) is 21.2 Å². The number of rotatable bonds is 5. The molecule has 6 nitrogen and oxygen atoms in total. The van der Waals surface area contributed by atoms with Crippen molar-refractivity contribution in [3.8, 4) is 17.2 Å². The highest BCUT2D eigenvalue weighted by atomic mass is 19.4. The van der Waals surface area contributed by atoms with E-state index in [2.05, 4.69) is 10.1 Å². The van der Waals surface area contributed by atoms with Crippen LogP contribution in [0.5, 0.6) is 5.75 Å². The van der Waals surface area contributed by atoms with E-state index in [0.717, 1.165) is 23.2 Å². The summed E-state index contributed by atoms with van der Waals surface area (Å²) in [5, 5.41) is 13.8. The molecule has 0 atom stereocenters. The summed E-state index contributed by atoms with van der Waals surface area (Å²) in [5.74, 6) is 0.958. The average molecular weight is 465 g/mol. The summed E-state index contributed by atoms with van der Waals surface area (Å²) in [6.07, 6.45) is -0.360. The normalized spacial score (nSPS) is 12.5. The van der Waals surface area contributed by atoms with Crippen LogP contribution in [0.25, 0.3) is 27.9 Å². The molecule has 0 saturated heterocycles. The Hall–Kier alpha value is -4.27. The molecule has 5 rings (SSSR count). The van der Waals surface area contributed by atoms with Gasteiger partial charge in [-0.05, 0) is 54.1 Å². The van der Waals surface area contributed by atoms with E-state index >= 15 is 0 Å². The second-order valence-corrected chi connectivity index (χ2v) is 7.66. The Balaban J connectivity index is 1.35. The van der Waals surface area contributed by atoms with Crippen molar-refractivity contribution in [1.82, 2.24) is 9.38 Å². The van der Waals surface area contributed by atoms with E-state index in [1.54, 1.807) is 30.6 Å². The molecule has 1 N–H and O–H groups in total. The molecular formula is C25H18F3N3O3. The van der Waals surface area contributed by atoms with Gasteiger partial charge in [-0.15, -0.1) is 0 Å². The minimum atomic E-state index is -4.36. The fourth-order valence-corrected chi connectivity index (χ4v) is 3.66. The third-order valence-corrected chi connectivity index (χ3v) is 5.43. The Labute approximate surface area is 191 Å². The van der Waals surface area contributed by atoms with Crippen LogP contribution in [0.3, 0.4) is 0 Å². The molecule has 0 unspecified atom stereocenters. The zero-order valence-electron chi connectivity index (χ0n) is 17.7. The lowest BCUT2D eigenvalue weighted by molar-refractivity contribution is -0.137. The standard InChI is InChI=1S/C25H18F3N3O3/c26-25(27,28)17-5-3-16(4-6-17)9-11-33-19-7-8-23-20(13-19)21(30-32)14-24(34-23)22-12-18-2-1-10-31(18)15-29-22/h1-8,10,12-15,32H,9,11H2/b30-21+. The quantitative estimate of drug-likeness (QED) is 0.268. The molecule has 0 amide bonds. The molecule has 9 heteroatoms. The van der Waals surface area contributed by atoms with Gasteiger partial charge in [-0.1, -0.05) is 17.3 Å². The third kappa shape index (κ3) is 4.32. The molecule has 0 saturated carbocycles. The van der Waals surface area contributed by atoms with Gasteiger partial charge in [0.2, 0.25) is 0 Å². The Morgan fingerprint density at radius 3 is 2.62 bits per heavy atom. The number of hydrogen-bond acceptors (Lipinski definition) is 5. The lowest BCUT2D eigenvalue weighted by atomic mass is 10.1. The Bertz CT molecular complexity index is 1540. The van der Waals surface area contributed by atoms with Crippen LogP contribution in [0, 0.1) is 0 Å². The molecule has 0 spiro atoms. The molecule has 3 aromatic heterocycles.